The molecule has 1 amide bonds. The van der Waals surface area contributed by atoms with Crippen molar-refractivity contribution in [1.82, 2.24) is 4.90 Å². The molecule has 1 rings (SSSR count). The molecule has 0 aliphatic heterocycles. The third-order valence-corrected chi connectivity index (χ3v) is 3.02. The van der Waals surface area contributed by atoms with Crippen LogP contribution in [0.5, 0.6) is 0 Å². The van der Waals surface area contributed by atoms with Gasteiger partial charge in [-0.15, -0.1) is 0 Å². The Morgan fingerprint density at radius 2 is 2.19 bits per heavy atom. The predicted octanol–water partition coefficient (Wildman–Crippen LogP) is 2.30. The lowest BCUT2D eigenvalue weighted by Gasteiger charge is -2.23. The molecule has 0 aliphatic rings. The Balaban J connectivity index is 2.96. The molecule has 0 fully saturated rings. The first kappa shape index (κ1) is 16.4. The van der Waals surface area contributed by atoms with Gasteiger partial charge in [-0.05, 0) is 25.1 Å². The maximum atomic E-state index is 13.8. The quantitative estimate of drug-likeness (QED) is 0.844. The van der Waals surface area contributed by atoms with Crippen LogP contribution < -0.4 is 0 Å². The SMILES string of the molecule is CC(CC#N)N(C)C(=O)c1ccc(C=CC(=O)O)c(F)c1. The molecular formula is C15H15FN2O3. The van der Waals surface area contributed by atoms with Crippen LogP contribution in [0.15, 0.2) is 24.3 Å². The van der Waals surface area contributed by atoms with Gasteiger partial charge in [-0.1, -0.05) is 6.07 Å². The molecule has 0 aliphatic carbocycles. The highest BCUT2D eigenvalue weighted by Crippen LogP contribution is 2.15. The van der Waals surface area contributed by atoms with Crippen molar-refractivity contribution in [3.63, 3.8) is 0 Å². The Morgan fingerprint density at radius 1 is 1.52 bits per heavy atom. The summed E-state index contributed by atoms with van der Waals surface area (Å²) >= 11 is 0. The Morgan fingerprint density at radius 3 is 2.71 bits per heavy atom. The molecule has 21 heavy (non-hydrogen) atoms. The summed E-state index contributed by atoms with van der Waals surface area (Å²) in [7, 11) is 1.54. The van der Waals surface area contributed by atoms with Gasteiger partial charge in [0.25, 0.3) is 5.91 Å². The van der Waals surface area contributed by atoms with E-state index < -0.39 is 17.7 Å². The second kappa shape index (κ2) is 7.20. The number of amides is 1. The van der Waals surface area contributed by atoms with Gasteiger partial charge in [-0.2, -0.15) is 5.26 Å². The van der Waals surface area contributed by atoms with Crippen LogP contribution in [0.25, 0.3) is 6.08 Å². The van der Waals surface area contributed by atoms with Crippen molar-refractivity contribution >= 4 is 18.0 Å². The Bertz CT molecular complexity index is 620. The van der Waals surface area contributed by atoms with Gasteiger partial charge >= 0.3 is 5.97 Å². The van der Waals surface area contributed by atoms with Gasteiger partial charge in [0.2, 0.25) is 0 Å². The molecule has 1 N–H and O–H groups in total. The van der Waals surface area contributed by atoms with E-state index in [0.717, 1.165) is 18.2 Å². The number of carbonyl (C=O) groups is 2. The summed E-state index contributed by atoms with van der Waals surface area (Å²) < 4.78 is 13.8. The molecule has 1 unspecified atom stereocenters. The molecule has 5 nitrogen and oxygen atoms in total. The number of nitriles is 1. The van der Waals surface area contributed by atoms with Crippen molar-refractivity contribution in [3.05, 3.63) is 41.2 Å². The van der Waals surface area contributed by atoms with E-state index in [9.17, 15) is 14.0 Å². The molecule has 1 aromatic rings. The normalized spacial score (nSPS) is 11.9. The predicted molar refractivity (Wildman–Crippen MR) is 74.9 cm³/mol. The van der Waals surface area contributed by atoms with Crippen LogP contribution in [0.3, 0.4) is 0 Å². The maximum Gasteiger partial charge on any atom is 0.328 e. The lowest BCUT2D eigenvalue weighted by atomic mass is 10.1. The molecule has 0 aromatic heterocycles. The van der Waals surface area contributed by atoms with Crippen LogP contribution in [-0.4, -0.2) is 35.0 Å². The molecule has 0 spiro atoms. The van der Waals surface area contributed by atoms with Gasteiger partial charge in [0.05, 0.1) is 12.5 Å². The standard InChI is InChI=1S/C15H15FN2O3/c1-10(7-8-17)18(2)15(21)12-4-3-11(13(16)9-12)5-6-14(19)20/h3-6,9-10H,7H2,1-2H3,(H,19,20). The van der Waals surface area contributed by atoms with Crippen molar-refractivity contribution in [2.45, 2.75) is 19.4 Å². The van der Waals surface area contributed by atoms with E-state index in [1.54, 1.807) is 14.0 Å². The summed E-state index contributed by atoms with van der Waals surface area (Å²) in [6.07, 6.45) is 2.12. The van der Waals surface area contributed by atoms with Crippen molar-refractivity contribution in [2.24, 2.45) is 0 Å². The van der Waals surface area contributed by atoms with Crippen LogP contribution >= 0.6 is 0 Å². The molecule has 1 atom stereocenters. The number of halogens is 1. The highest BCUT2D eigenvalue weighted by Gasteiger charge is 2.18. The highest BCUT2D eigenvalue weighted by atomic mass is 19.1. The summed E-state index contributed by atoms with van der Waals surface area (Å²) in [5, 5.41) is 17.1. The second-order valence-electron chi connectivity index (χ2n) is 4.54. The van der Waals surface area contributed by atoms with Crippen LogP contribution in [-0.2, 0) is 4.79 Å². The Kier molecular flexibility index (Phi) is 5.61. The average Bonchev–Trinajstić information content (AvgIpc) is 2.44. The van der Waals surface area contributed by atoms with E-state index in [2.05, 4.69) is 0 Å². The van der Waals surface area contributed by atoms with Crippen molar-refractivity contribution in [3.8, 4) is 6.07 Å². The highest BCUT2D eigenvalue weighted by molar-refractivity contribution is 5.94. The zero-order valence-electron chi connectivity index (χ0n) is 11.7. The number of aliphatic carboxylic acids is 1. The lowest BCUT2D eigenvalue weighted by molar-refractivity contribution is -0.131. The topological polar surface area (TPSA) is 81.4 Å². The fourth-order valence-corrected chi connectivity index (χ4v) is 1.63. The number of hydrogen-bond acceptors (Lipinski definition) is 3. The fourth-order valence-electron chi connectivity index (χ4n) is 1.63. The first-order valence-electron chi connectivity index (χ1n) is 6.21. The molecule has 6 heteroatoms. The second-order valence-corrected chi connectivity index (χ2v) is 4.54. The van der Waals surface area contributed by atoms with E-state index >= 15 is 0 Å². The fraction of sp³-hybridized carbons (Fsp3) is 0.267. The summed E-state index contributed by atoms with van der Waals surface area (Å²) in [5.74, 6) is -2.26. The first-order valence-corrected chi connectivity index (χ1v) is 6.21. The maximum absolute atomic E-state index is 13.8. The lowest BCUT2D eigenvalue weighted by Crippen LogP contribution is -2.34. The van der Waals surface area contributed by atoms with Gasteiger partial charge in [-0.3, -0.25) is 4.79 Å². The van der Waals surface area contributed by atoms with Crippen molar-refractivity contribution in [2.75, 3.05) is 7.05 Å². The number of carboxylic acids is 1. The largest absolute Gasteiger partial charge is 0.478 e. The zero-order valence-corrected chi connectivity index (χ0v) is 11.7. The minimum absolute atomic E-state index is 0.0849. The van der Waals surface area contributed by atoms with Crippen molar-refractivity contribution in [1.29, 1.82) is 5.26 Å². The number of benzene rings is 1. The third kappa shape index (κ3) is 4.42. The number of carboxylic acid groups (broad SMARTS) is 1. The smallest absolute Gasteiger partial charge is 0.328 e. The van der Waals surface area contributed by atoms with Gasteiger partial charge in [-0.25, -0.2) is 9.18 Å². The summed E-state index contributed by atoms with van der Waals surface area (Å²) in [4.78, 5) is 23.9. The minimum Gasteiger partial charge on any atom is -0.478 e. The van der Waals surface area contributed by atoms with Gasteiger partial charge in [0.15, 0.2) is 0 Å². The van der Waals surface area contributed by atoms with Gasteiger partial charge in [0.1, 0.15) is 5.82 Å². The molecule has 0 heterocycles. The summed E-state index contributed by atoms with van der Waals surface area (Å²) in [6.45, 7) is 1.72. The van der Waals surface area contributed by atoms with Crippen LogP contribution in [0.4, 0.5) is 4.39 Å². The number of nitrogens with zero attached hydrogens (tertiary/aromatic N) is 2. The van der Waals surface area contributed by atoms with Crippen molar-refractivity contribution < 1.29 is 19.1 Å². The zero-order chi connectivity index (χ0) is 16.0. The van der Waals surface area contributed by atoms with E-state index in [1.807, 2.05) is 6.07 Å². The molecule has 0 radical (unpaired) electrons. The average molecular weight is 290 g/mol. The van der Waals surface area contributed by atoms with Crippen LogP contribution in [0.1, 0.15) is 29.3 Å². The van der Waals surface area contributed by atoms with E-state index in [1.165, 1.54) is 17.0 Å². The molecular weight excluding hydrogens is 275 g/mol. The number of carbonyl (C=O) groups excluding carboxylic acids is 1. The van der Waals surface area contributed by atoms with E-state index in [0.29, 0.717) is 0 Å². The number of rotatable bonds is 5. The number of hydrogen-bond donors (Lipinski definition) is 1. The van der Waals surface area contributed by atoms with Crippen LogP contribution in [0, 0.1) is 17.1 Å². The van der Waals surface area contributed by atoms with Crippen LogP contribution in [0.2, 0.25) is 0 Å². The first-order chi connectivity index (χ1) is 9.86. The molecule has 0 bridgehead atoms. The molecule has 0 saturated carbocycles. The van der Waals surface area contributed by atoms with E-state index in [-0.39, 0.29) is 23.6 Å². The Hall–Kier alpha value is -2.68. The third-order valence-electron chi connectivity index (χ3n) is 3.02. The van der Waals surface area contributed by atoms with E-state index in [4.69, 9.17) is 10.4 Å². The minimum atomic E-state index is -1.18. The summed E-state index contributed by atoms with van der Waals surface area (Å²) in [5.41, 5.74) is 0.231. The summed E-state index contributed by atoms with van der Waals surface area (Å²) in [6, 6.07) is 5.50. The van der Waals surface area contributed by atoms with Gasteiger partial charge in [0, 0.05) is 30.3 Å². The van der Waals surface area contributed by atoms with Gasteiger partial charge < -0.3 is 10.0 Å². The molecule has 1 aromatic carbocycles. The molecule has 0 saturated heterocycles. The molecule has 110 valence electrons. The monoisotopic (exact) mass is 290 g/mol. The Labute approximate surface area is 121 Å².